The lowest BCUT2D eigenvalue weighted by molar-refractivity contribution is 0.651. The number of hydrogen-bond donors (Lipinski definition) is 0. The standard InChI is InChI=1S/C56H50N4O/c1-3-5-7-10-20-40-34-47-46-36-42(56-59-54(38-18-12-9-13-19-38)58-55(60-56)39-27-25-37(26-28-39)49-23-16-17-33-57-49)29-30-43(46)44-31-32-51-53(45-22-14-15-24-50(45)61-51)52(44)48(47)35-41(40)21-11-8-6-4-2/h9,12-19,22-36H,3-8,10-11,20-21H2,1-2H3. The van der Waals surface area contributed by atoms with Gasteiger partial charge in [0.2, 0.25) is 0 Å². The van der Waals surface area contributed by atoms with Gasteiger partial charge in [0.05, 0.1) is 5.69 Å². The maximum Gasteiger partial charge on any atom is 0.164 e. The number of benzene rings is 7. The molecule has 0 fully saturated rings. The first-order valence-electron chi connectivity index (χ1n) is 22.3. The molecule has 10 aromatic rings. The van der Waals surface area contributed by atoms with Crippen molar-refractivity contribution in [3.63, 3.8) is 0 Å². The number of aromatic nitrogens is 4. The van der Waals surface area contributed by atoms with E-state index in [9.17, 15) is 0 Å². The van der Waals surface area contributed by atoms with Crippen molar-refractivity contribution in [2.24, 2.45) is 0 Å². The molecule has 10 rings (SSSR count). The molecule has 0 spiro atoms. The van der Waals surface area contributed by atoms with Gasteiger partial charge in [-0.2, -0.15) is 0 Å². The minimum Gasteiger partial charge on any atom is -0.456 e. The van der Waals surface area contributed by atoms with Crippen molar-refractivity contribution in [2.75, 3.05) is 0 Å². The monoisotopic (exact) mass is 794 g/mol. The molecule has 61 heavy (non-hydrogen) atoms. The molecule has 3 heterocycles. The van der Waals surface area contributed by atoms with E-state index >= 15 is 0 Å². The summed E-state index contributed by atoms with van der Waals surface area (Å²) in [5.41, 5.74) is 9.64. The number of rotatable bonds is 14. The van der Waals surface area contributed by atoms with Gasteiger partial charge in [-0.3, -0.25) is 4.98 Å². The lowest BCUT2D eigenvalue weighted by Gasteiger charge is -2.17. The van der Waals surface area contributed by atoms with Crippen LogP contribution in [0.5, 0.6) is 0 Å². The molecule has 0 radical (unpaired) electrons. The summed E-state index contributed by atoms with van der Waals surface area (Å²) in [5.74, 6) is 1.93. The molecule has 5 heteroatoms. The van der Waals surface area contributed by atoms with Crippen LogP contribution in [0.3, 0.4) is 0 Å². The Hall–Kier alpha value is -6.72. The quantitative estimate of drug-likeness (QED) is 0.0810. The number of aryl methyl sites for hydroxylation is 2. The fourth-order valence-electron chi connectivity index (χ4n) is 9.20. The average Bonchev–Trinajstić information content (AvgIpc) is 3.71. The maximum absolute atomic E-state index is 6.52. The second kappa shape index (κ2) is 17.1. The van der Waals surface area contributed by atoms with Crippen LogP contribution in [-0.2, 0) is 12.8 Å². The molecule has 5 nitrogen and oxygen atoms in total. The second-order valence-corrected chi connectivity index (χ2v) is 16.5. The minimum absolute atomic E-state index is 0.635. The van der Waals surface area contributed by atoms with Gasteiger partial charge in [-0.25, -0.2) is 15.0 Å². The van der Waals surface area contributed by atoms with Gasteiger partial charge in [0.1, 0.15) is 11.2 Å². The van der Waals surface area contributed by atoms with Crippen LogP contribution in [0.4, 0.5) is 0 Å². The third-order valence-corrected chi connectivity index (χ3v) is 12.4. The molecule has 300 valence electrons. The molecule has 0 bridgehead atoms. The highest BCUT2D eigenvalue weighted by atomic mass is 16.3. The Morgan fingerprint density at radius 1 is 0.393 bits per heavy atom. The zero-order valence-electron chi connectivity index (χ0n) is 35.1. The Kier molecular flexibility index (Phi) is 10.8. The Balaban J connectivity index is 1.20. The summed E-state index contributed by atoms with van der Waals surface area (Å²) < 4.78 is 6.52. The number of para-hydroxylation sites is 1. The summed E-state index contributed by atoms with van der Waals surface area (Å²) in [7, 11) is 0. The van der Waals surface area contributed by atoms with Gasteiger partial charge >= 0.3 is 0 Å². The summed E-state index contributed by atoms with van der Waals surface area (Å²) in [4.78, 5) is 20.0. The van der Waals surface area contributed by atoms with Crippen molar-refractivity contribution in [1.29, 1.82) is 0 Å². The highest BCUT2D eigenvalue weighted by Crippen LogP contribution is 2.44. The molecular weight excluding hydrogens is 745 g/mol. The molecule has 7 aromatic carbocycles. The van der Waals surface area contributed by atoms with Gasteiger partial charge in [-0.15, -0.1) is 0 Å². The molecule has 0 atom stereocenters. The molecule has 0 aliphatic rings. The van der Waals surface area contributed by atoms with Crippen LogP contribution in [0.25, 0.3) is 99.7 Å². The average molecular weight is 795 g/mol. The topological polar surface area (TPSA) is 64.7 Å². The third-order valence-electron chi connectivity index (χ3n) is 12.4. The van der Waals surface area contributed by atoms with Crippen molar-refractivity contribution in [2.45, 2.75) is 78.1 Å². The minimum atomic E-state index is 0.635. The number of furan rings is 1. The SMILES string of the molecule is CCCCCCc1cc2c3cc(-c4nc(-c5ccccc5)nc(-c5ccc(-c6ccccn6)cc5)n4)ccc3c3ccc4oc5ccccc5c4c3c2cc1CCCCCC. The van der Waals surface area contributed by atoms with Crippen molar-refractivity contribution in [3.05, 3.63) is 157 Å². The number of hydrogen-bond acceptors (Lipinski definition) is 5. The first-order chi connectivity index (χ1) is 30.2. The Bertz CT molecular complexity index is 3150. The van der Waals surface area contributed by atoms with E-state index in [2.05, 4.69) is 122 Å². The zero-order chi connectivity index (χ0) is 41.1. The predicted molar refractivity (Wildman–Crippen MR) is 255 cm³/mol. The number of nitrogens with zero attached hydrogens (tertiary/aromatic N) is 4. The Labute approximate surface area is 357 Å². The van der Waals surface area contributed by atoms with E-state index in [0.29, 0.717) is 17.5 Å². The first kappa shape index (κ1) is 38.5. The third kappa shape index (κ3) is 7.54. The summed E-state index contributed by atoms with van der Waals surface area (Å²) in [5, 5.41) is 9.84. The van der Waals surface area contributed by atoms with Crippen LogP contribution in [-0.4, -0.2) is 19.9 Å². The largest absolute Gasteiger partial charge is 0.456 e. The molecular formula is C56H50N4O. The van der Waals surface area contributed by atoms with E-state index in [1.807, 2.05) is 42.6 Å². The van der Waals surface area contributed by atoms with Crippen molar-refractivity contribution in [3.8, 4) is 45.4 Å². The van der Waals surface area contributed by atoms with E-state index in [0.717, 1.165) is 57.3 Å². The summed E-state index contributed by atoms with van der Waals surface area (Å²) in [6, 6.07) is 49.4. The van der Waals surface area contributed by atoms with Gasteiger partial charge in [-0.1, -0.05) is 156 Å². The van der Waals surface area contributed by atoms with Crippen LogP contribution in [0.15, 0.2) is 150 Å². The molecule has 0 aliphatic heterocycles. The summed E-state index contributed by atoms with van der Waals surface area (Å²) in [6.45, 7) is 4.59. The van der Waals surface area contributed by atoms with E-state index in [1.54, 1.807) is 0 Å². The number of unbranched alkanes of at least 4 members (excludes halogenated alkanes) is 6. The Morgan fingerprint density at radius 3 is 1.69 bits per heavy atom. The maximum atomic E-state index is 6.52. The normalized spacial score (nSPS) is 11.8. The van der Waals surface area contributed by atoms with Crippen molar-refractivity contribution >= 4 is 54.3 Å². The highest BCUT2D eigenvalue weighted by Gasteiger charge is 2.20. The summed E-state index contributed by atoms with van der Waals surface area (Å²) in [6.07, 6.45) is 14.0. The van der Waals surface area contributed by atoms with E-state index in [1.165, 1.54) is 100 Å². The number of fused-ring (bicyclic) bond motifs is 10. The van der Waals surface area contributed by atoms with Crippen molar-refractivity contribution < 1.29 is 4.42 Å². The Morgan fingerprint density at radius 2 is 0.984 bits per heavy atom. The van der Waals surface area contributed by atoms with E-state index in [-0.39, 0.29) is 0 Å². The van der Waals surface area contributed by atoms with E-state index in [4.69, 9.17) is 19.4 Å². The van der Waals surface area contributed by atoms with Crippen LogP contribution < -0.4 is 0 Å². The number of pyridine rings is 1. The van der Waals surface area contributed by atoms with Crippen LogP contribution >= 0.6 is 0 Å². The van der Waals surface area contributed by atoms with E-state index < -0.39 is 0 Å². The molecule has 0 aliphatic carbocycles. The molecule has 3 aromatic heterocycles. The van der Waals surface area contributed by atoms with Crippen LogP contribution in [0, 0.1) is 0 Å². The molecule has 0 N–H and O–H groups in total. The van der Waals surface area contributed by atoms with Gasteiger partial charge in [0.25, 0.3) is 0 Å². The fourth-order valence-corrected chi connectivity index (χ4v) is 9.20. The van der Waals surface area contributed by atoms with Crippen LogP contribution in [0.1, 0.15) is 76.3 Å². The smallest absolute Gasteiger partial charge is 0.164 e. The lowest BCUT2D eigenvalue weighted by Crippen LogP contribution is -2.00. The zero-order valence-corrected chi connectivity index (χ0v) is 35.1. The van der Waals surface area contributed by atoms with Gasteiger partial charge in [-0.05, 0) is 100 Å². The fraction of sp³-hybridized carbons (Fsp3) is 0.214. The summed E-state index contributed by atoms with van der Waals surface area (Å²) >= 11 is 0. The highest BCUT2D eigenvalue weighted by molar-refractivity contribution is 6.34. The van der Waals surface area contributed by atoms with Crippen molar-refractivity contribution in [1.82, 2.24) is 19.9 Å². The van der Waals surface area contributed by atoms with Gasteiger partial charge in [0, 0.05) is 44.6 Å². The molecule has 0 saturated carbocycles. The van der Waals surface area contributed by atoms with Crippen LogP contribution in [0.2, 0.25) is 0 Å². The first-order valence-corrected chi connectivity index (χ1v) is 22.3. The van der Waals surface area contributed by atoms with Gasteiger partial charge < -0.3 is 4.42 Å². The lowest BCUT2D eigenvalue weighted by atomic mass is 9.86. The molecule has 0 amide bonds. The molecule has 0 unspecified atom stereocenters. The molecule has 0 saturated heterocycles. The van der Waals surface area contributed by atoms with Gasteiger partial charge in [0.15, 0.2) is 17.5 Å². The predicted octanol–water partition coefficient (Wildman–Crippen LogP) is 15.5. The second-order valence-electron chi connectivity index (χ2n) is 16.5.